The molecule has 0 bridgehead atoms. The minimum absolute atomic E-state index is 0.0139. The van der Waals surface area contributed by atoms with Gasteiger partial charge in [0.25, 0.3) is 0 Å². The molecule has 0 unspecified atom stereocenters. The number of fused-ring (bicyclic) bond motifs is 2. The van der Waals surface area contributed by atoms with Crippen LogP contribution in [0.25, 0.3) is 0 Å². The second kappa shape index (κ2) is 9.75. The van der Waals surface area contributed by atoms with E-state index in [9.17, 15) is 4.79 Å². The van der Waals surface area contributed by atoms with Gasteiger partial charge < -0.3 is 10.5 Å². The summed E-state index contributed by atoms with van der Waals surface area (Å²) >= 11 is 12.9. The van der Waals surface area contributed by atoms with Crippen molar-refractivity contribution in [2.75, 3.05) is 19.8 Å². The molecule has 36 heavy (non-hydrogen) atoms. The quantitative estimate of drug-likeness (QED) is 0.508. The average molecular weight is 529 g/mol. The summed E-state index contributed by atoms with van der Waals surface area (Å²) in [7, 11) is 0. The van der Waals surface area contributed by atoms with Gasteiger partial charge in [-0.15, -0.1) is 0 Å². The molecule has 5 nitrogen and oxygen atoms in total. The number of amides is 1. The van der Waals surface area contributed by atoms with Gasteiger partial charge in [-0.2, -0.15) is 0 Å². The van der Waals surface area contributed by atoms with Gasteiger partial charge in [0, 0.05) is 48.0 Å². The van der Waals surface area contributed by atoms with Crippen molar-refractivity contribution in [1.82, 2.24) is 4.90 Å². The molecule has 2 saturated heterocycles. The number of carbonyl (C=O) groups is 1. The van der Waals surface area contributed by atoms with Gasteiger partial charge in [-0.3, -0.25) is 14.7 Å². The Hall–Kier alpha value is -1.92. The maximum atomic E-state index is 13.4. The molecule has 7 heteroatoms. The molecule has 3 aliphatic heterocycles. The van der Waals surface area contributed by atoms with Gasteiger partial charge in [0.05, 0.1) is 17.1 Å². The third kappa shape index (κ3) is 4.60. The van der Waals surface area contributed by atoms with Crippen molar-refractivity contribution in [2.24, 2.45) is 22.1 Å². The fourth-order valence-corrected chi connectivity index (χ4v) is 7.05. The summed E-state index contributed by atoms with van der Waals surface area (Å²) in [6.45, 7) is 9.09. The lowest BCUT2D eigenvalue weighted by atomic mass is 9.63. The number of benzene rings is 2. The minimum Gasteiger partial charge on any atom is -0.381 e. The number of primary amides is 1. The molecule has 3 heterocycles. The molecule has 0 saturated carbocycles. The monoisotopic (exact) mass is 527 g/mol. The number of halogens is 2. The zero-order valence-corrected chi connectivity index (χ0v) is 22.7. The topological polar surface area (TPSA) is 67.9 Å². The lowest BCUT2D eigenvalue weighted by Crippen LogP contribution is -2.50. The standard InChI is InChI=1S/C29H35Cl2N3O2/c1-28(2,3)15-24-29(17-33-23-14-21(31)7-8-22(23)29)25(19-5-4-6-20(30)13-19)26(27(32)35)34(24)16-18-9-11-36-12-10-18/h4-8,13-14,17-18,24-26H,9-12,15-16H2,1-3H3,(H2,32,35)/t24-,25-,26+,29+/m0/s1. The van der Waals surface area contributed by atoms with Gasteiger partial charge in [-0.1, -0.05) is 62.2 Å². The van der Waals surface area contributed by atoms with Crippen molar-refractivity contribution in [2.45, 2.75) is 63.5 Å². The Morgan fingerprint density at radius 2 is 1.86 bits per heavy atom. The molecular formula is C29H35Cl2N3O2. The van der Waals surface area contributed by atoms with E-state index in [1.54, 1.807) is 0 Å². The number of hydrogen-bond donors (Lipinski definition) is 1. The van der Waals surface area contributed by atoms with E-state index in [1.807, 2.05) is 30.3 Å². The van der Waals surface area contributed by atoms with E-state index < -0.39 is 11.5 Å². The Bertz CT molecular complexity index is 1170. The number of rotatable bonds is 5. The molecule has 2 N–H and O–H groups in total. The van der Waals surface area contributed by atoms with Gasteiger partial charge in [0.15, 0.2) is 0 Å². The first-order valence-electron chi connectivity index (χ1n) is 12.8. The molecule has 0 aliphatic carbocycles. The van der Waals surface area contributed by atoms with Crippen molar-refractivity contribution < 1.29 is 9.53 Å². The maximum Gasteiger partial charge on any atom is 0.235 e. The fraction of sp³-hybridized carbons (Fsp3) is 0.517. The average Bonchev–Trinajstić information content (AvgIpc) is 3.30. The molecule has 0 aromatic heterocycles. The predicted molar refractivity (Wildman–Crippen MR) is 147 cm³/mol. The van der Waals surface area contributed by atoms with E-state index in [0.717, 1.165) is 55.8 Å². The Balaban J connectivity index is 1.74. The first kappa shape index (κ1) is 25.7. The Kier molecular flexibility index (Phi) is 6.97. The molecule has 2 aromatic carbocycles. The van der Waals surface area contributed by atoms with Crippen LogP contribution in [0, 0.1) is 11.3 Å². The van der Waals surface area contributed by atoms with Crippen LogP contribution in [0.2, 0.25) is 10.0 Å². The van der Waals surface area contributed by atoms with Crippen molar-refractivity contribution in [3.05, 3.63) is 63.6 Å². The van der Waals surface area contributed by atoms with E-state index >= 15 is 0 Å². The predicted octanol–water partition coefficient (Wildman–Crippen LogP) is 6.13. The first-order valence-corrected chi connectivity index (χ1v) is 13.6. The maximum absolute atomic E-state index is 13.4. The summed E-state index contributed by atoms with van der Waals surface area (Å²) in [4.78, 5) is 20.7. The van der Waals surface area contributed by atoms with Crippen LogP contribution < -0.4 is 5.73 Å². The highest BCUT2D eigenvalue weighted by Gasteiger charge is 2.63. The number of ether oxygens (including phenoxy) is 1. The minimum atomic E-state index is -0.539. The molecule has 192 valence electrons. The van der Waals surface area contributed by atoms with E-state index in [2.05, 4.69) is 44.0 Å². The van der Waals surface area contributed by atoms with E-state index in [4.69, 9.17) is 38.7 Å². The molecular weight excluding hydrogens is 493 g/mol. The van der Waals surface area contributed by atoms with Gasteiger partial charge in [-0.05, 0) is 66.0 Å². The highest BCUT2D eigenvalue weighted by Crippen LogP contribution is 2.59. The second-order valence-corrected chi connectivity index (χ2v) is 12.6. The summed E-state index contributed by atoms with van der Waals surface area (Å²) in [5.41, 5.74) is 8.73. The Morgan fingerprint density at radius 1 is 1.14 bits per heavy atom. The zero-order chi connectivity index (χ0) is 25.7. The van der Waals surface area contributed by atoms with Gasteiger partial charge in [0.1, 0.15) is 0 Å². The largest absolute Gasteiger partial charge is 0.381 e. The number of likely N-dealkylation sites (tertiary alicyclic amines) is 1. The van der Waals surface area contributed by atoms with Crippen molar-refractivity contribution in [3.63, 3.8) is 0 Å². The van der Waals surface area contributed by atoms with Crippen LogP contribution in [0.4, 0.5) is 5.69 Å². The number of nitrogens with two attached hydrogens (primary N) is 1. The van der Waals surface area contributed by atoms with Crippen LogP contribution in [0.5, 0.6) is 0 Å². The van der Waals surface area contributed by atoms with Gasteiger partial charge >= 0.3 is 0 Å². The SMILES string of the molecule is CC(C)(C)C[C@@H]1N(CC2CCOCC2)[C@@H](C(N)=O)[C@H](c2cccc(Cl)c2)[C@@]12C=Nc1cc(Cl)ccc12. The Labute approximate surface area is 224 Å². The smallest absolute Gasteiger partial charge is 0.235 e. The molecule has 1 amide bonds. The van der Waals surface area contributed by atoms with Crippen molar-refractivity contribution in [3.8, 4) is 0 Å². The zero-order valence-electron chi connectivity index (χ0n) is 21.2. The third-order valence-corrected chi connectivity index (χ3v) is 8.57. The number of carbonyl (C=O) groups excluding carboxylic acids is 1. The molecule has 5 rings (SSSR count). The molecule has 3 aliphatic rings. The van der Waals surface area contributed by atoms with E-state index in [0.29, 0.717) is 16.0 Å². The highest BCUT2D eigenvalue weighted by molar-refractivity contribution is 6.31. The third-order valence-electron chi connectivity index (χ3n) is 8.10. The number of nitrogens with zero attached hydrogens (tertiary/aromatic N) is 2. The van der Waals surface area contributed by atoms with Crippen LogP contribution in [0.3, 0.4) is 0 Å². The van der Waals surface area contributed by atoms with E-state index in [1.165, 1.54) is 0 Å². The fourth-order valence-electron chi connectivity index (χ4n) is 6.69. The highest BCUT2D eigenvalue weighted by atomic mass is 35.5. The Morgan fingerprint density at radius 3 is 2.53 bits per heavy atom. The first-order chi connectivity index (χ1) is 17.1. The van der Waals surface area contributed by atoms with Crippen molar-refractivity contribution in [1.29, 1.82) is 0 Å². The summed E-state index contributed by atoms with van der Waals surface area (Å²) < 4.78 is 5.64. The summed E-state index contributed by atoms with van der Waals surface area (Å²) in [5.74, 6) is -0.0908. The second-order valence-electron chi connectivity index (χ2n) is 11.8. The van der Waals surface area contributed by atoms with Gasteiger partial charge in [-0.25, -0.2) is 0 Å². The normalized spacial score (nSPS) is 28.6. The lowest BCUT2D eigenvalue weighted by molar-refractivity contribution is -0.123. The van der Waals surface area contributed by atoms with Crippen LogP contribution in [0.15, 0.2) is 47.5 Å². The number of hydrogen-bond acceptors (Lipinski definition) is 4. The number of aliphatic imine (C=N–C) groups is 1. The lowest BCUT2D eigenvalue weighted by Gasteiger charge is -2.41. The van der Waals surface area contributed by atoms with Crippen LogP contribution in [-0.4, -0.2) is 48.9 Å². The molecule has 2 fully saturated rings. The molecule has 0 radical (unpaired) electrons. The van der Waals surface area contributed by atoms with Crippen LogP contribution in [-0.2, 0) is 14.9 Å². The summed E-state index contributed by atoms with van der Waals surface area (Å²) in [6, 6.07) is 13.4. The van der Waals surface area contributed by atoms with E-state index in [-0.39, 0.29) is 23.3 Å². The molecule has 1 spiro atoms. The molecule has 4 atom stereocenters. The summed E-state index contributed by atoms with van der Waals surface area (Å²) in [6.07, 6.45) is 4.93. The van der Waals surface area contributed by atoms with Crippen LogP contribution in [0.1, 0.15) is 57.1 Å². The van der Waals surface area contributed by atoms with Gasteiger partial charge in [0.2, 0.25) is 5.91 Å². The summed E-state index contributed by atoms with van der Waals surface area (Å²) in [5, 5.41) is 1.30. The van der Waals surface area contributed by atoms with Crippen LogP contribution >= 0.6 is 23.2 Å². The molecule has 2 aromatic rings. The van der Waals surface area contributed by atoms with Crippen molar-refractivity contribution >= 4 is 41.0 Å².